The highest BCUT2D eigenvalue weighted by molar-refractivity contribution is 6.17. The zero-order chi connectivity index (χ0) is 14.8. The Bertz CT molecular complexity index is 534. The number of carbonyl (C=O) groups is 1. The van der Waals surface area contributed by atoms with Crippen LogP contribution in [-0.2, 0) is 0 Å². The monoisotopic (exact) mass is 345 g/mol. The highest BCUT2D eigenvalue weighted by atomic mass is 35.5. The molecule has 22 heavy (non-hydrogen) atoms. The lowest BCUT2D eigenvalue weighted by atomic mass is 9.84. The van der Waals surface area contributed by atoms with Crippen LogP contribution in [0.1, 0.15) is 23.2 Å². The first-order valence-corrected chi connectivity index (χ1v) is 7.82. The Hall–Kier alpha value is -1.17. The van der Waals surface area contributed by atoms with E-state index >= 15 is 0 Å². The van der Waals surface area contributed by atoms with Gasteiger partial charge >= 0.3 is 0 Å². The third-order valence-corrected chi connectivity index (χ3v) is 4.57. The molecule has 3 N–H and O–H groups in total. The van der Waals surface area contributed by atoms with Gasteiger partial charge in [-0.15, -0.1) is 12.4 Å². The van der Waals surface area contributed by atoms with Crippen molar-refractivity contribution in [1.82, 2.24) is 10.2 Å². The van der Waals surface area contributed by atoms with Gasteiger partial charge in [-0.3, -0.25) is 4.79 Å². The molecule has 1 aromatic rings. The van der Waals surface area contributed by atoms with Gasteiger partial charge in [0.2, 0.25) is 0 Å². The SMILES string of the molecule is Cl.Nc1ccc(C(=O)N[C@@H]2CN3CCC2CC3)cc1OCCl. The number of nitrogen functional groups attached to an aromatic ring is 1. The maximum absolute atomic E-state index is 12.4. The fourth-order valence-corrected chi connectivity index (χ4v) is 3.36. The quantitative estimate of drug-likeness (QED) is 0.647. The minimum atomic E-state index is -0.0758. The van der Waals surface area contributed by atoms with Crippen molar-refractivity contribution in [2.75, 3.05) is 31.4 Å². The molecule has 0 spiro atoms. The predicted octanol–water partition coefficient (Wildman–Crippen LogP) is 2.09. The molecule has 1 atom stereocenters. The molecule has 3 aliphatic rings. The highest BCUT2D eigenvalue weighted by Gasteiger charge is 2.34. The summed E-state index contributed by atoms with van der Waals surface area (Å²) in [6.07, 6.45) is 2.35. The van der Waals surface area contributed by atoms with E-state index in [-0.39, 0.29) is 30.4 Å². The predicted molar refractivity (Wildman–Crippen MR) is 89.9 cm³/mol. The average Bonchev–Trinajstić information content (AvgIpc) is 2.51. The van der Waals surface area contributed by atoms with Crippen molar-refractivity contribution >= 4 is 35.6 Å². The molecule has 0 radical (unpaired) electrons. The van der Waals surface area contributed by atoms with Crippen LogP contribution < -0.4 is 15.8 Å². The van der Waals surface area contributed by atoms with E-state index in [9.17, 15) is 4.79 Å². The number of halogens is 2. The van der Waals surface area contributed by atoms with Gasteiger partial charge in [0.1, 0.15) is 5.75 Å². The Balaban J connectivity index is 0.00000176. The van der Waals surface area contributed by atoms with Gasteiger partial charge in [0.25, 0.3) is 5.91 Å². The summed E-state index contributed by atoms with van der Waals surface area (Å²) in [4.78, 5) is 14.8. The zero-order valence-electron chi connectivity index (χ0n) is 12.3. The molecule has 0 aromatic heterocycles. The minimum absolute atomic E-state index is 0. The van der Waals surface area contributed by atoms with Crippen molar-refractivity contribution < 1.29 is 9.53 Å². The maximum atomic E-state index is 12.4. The normalized spacial score (nSPS) is 26.1. The molecule has 5 nitrogen and oxygen atoms in total. The highest BCUT2D eigenvalue weighted by Crippen LogP contribution is 2.28. The second-order valence-corrected chi connectivity index (χ2v) is 5.94. The van der Waals surface area contributed by atoms with E-state index < -0.39 is 0 Å². The third kappa shape index (κ3) is 3.59. The van der Waals surface area contributed by atoms with Crippen molar-refractivity contribution in [3.63, 3.8) is 0 Å². The zero-order valence-corrected chi connectivity index (χ0v) is 13.8. The number of hydrogen-bond donors (Lipinski definition) is 2. The number of nitrogens with two attached hydrogens (primary N) is 1. The number of rotatable bonds is 4. The van der Waals surface area contributed by atoms with Gasteiger partial charge in [-0.05, 0) is 50.0 Å². The summed E-state index contributed by atoms with van der Waals surface area (Å²) in [6.45, 7) is 3.27. The number of nitrogens with one attached hydrogen (secondary N) is 1. The molecule has 0 saturated carbocycles. The molecule has 0 unspecified atom stereocenters. The van der Waals surface area contributed by atoms with Crippen LogP contribution in [0.5, 0.6) is 5.75 Å². The third-order valence-electron chi connectivity index (χ3n) is 4.46. The van der Waals surface area contributed by atoms with Gasteiger partial charge in [-0.1, -0.05) is 11.6 Å². The second kappa shape index (κ2) is 7.40. The number of alkyl halides is 1. The number of carbonyl (C=O) groups excluding carboxylic acids is 1. The lowest BCUT2D eigenvalue weighted by Gasteiger charge is -2.44. The molecule has 1 amide bonds. The molecule has 1 aromatic carbocycles. The van der Waals surface area contributed by atoms with E-state index in [1.807, 2.05) is 0 Å². The average molecular weight is 346 g/mol. The Morgan fingerprint density at radius 1 is 1.41 bits per heavy atom. The Morgan fingerprint density at radius 3 is 2.73 bits per heavy atom. The first kappa shape index (κ1) is 17.2. The van der Waals surface area contributed by atoms with Gasteiger partial charge in [-0.2, -0.15) is 0 Å². The van der Waals surface area contributed by atoms with Crippen LogP contribution in [0.2, 0.25) is 0 Å². The summed E-state index contributed by atoms with van der Waals surface area (Å²) in [5.41, 5.74) is 6.83. The van der Waals surface area contributed by atoms with Crippen LogP contribution in [-0.4, -0.2) is 42.5 Å². The molecular formula is C15H21Cl2N3O2. The molecule has 2 bridgehead atoms. The summed E-state index contributed by atoms with van der Waals surface area (Å²) in [5, 5.41) is 3.15. The van der Waals surface area contributed by atoms with E-state index in [1.54, 1.807) is 18.2 Å². The van der Waals surface area contributed by atoms with E-state index in [1.165, 1.54) is 12.8 Å². The minimum Gasteiger partial charge on any atom is -0.476 e. The maximum Gasteiger partial charge on any atom is 0.251 e. The van der Waals surface area contributed by atoms with Crippen LogP contribution in [0, 0.1) is 5.92 Å². The fourth-order valence-electron chi connectivity index (χ4n) is 3.24. The second-order valence-electron chi connectivity index (χ2n) is 5.72. The van der Waals surface area contributed by atoms with Gasteiger partial charge in [0, 0.05) is 18.2 Å². The molecular weight excluding hydrogens is 325 g/mol. The van der Waals surface area contributed by atoms with Crippen molar-refractivity contribution in [3.8, 4) is 5.75 Å². The Kier molecular flexibility index (Phi) is 5.78. The summed E-state index contributed by atoms with van der Waals surface area (Å²) < 4.78 is 5.22. The van der Waals surface area contributed by atoms with Crippen molar-refractivity contribution in [2.24, 2.45) is 5.92 Å². The van der Waals surface area contributed by atoms with Crippen LogP contribution in [0.25, 0.3) is 0 Å². The van der Waals surface area contributed by atoms with E-state index in [0.29, 0.717) is 22.9 Å². The number of fused-ring (bicyclic) bond motifs is 3. The molecule has 122 valence electrons. The van der Waals surface area contributed by atoms with E-state index in [0.717, 1.165) is 19.6 Å². The molecule has 7 heteroatoms. The van der Waals surface area contributed by atoms with Gasteiger partial charge in [0.15, 0.2) is 6.07 Å². The smallest absolute Gasteiger partial charge is 0.251 e. The lowest BCUT2D eigenvalue weighted by molar-refractivity contribution is 0.0620. The Labute approximate surface area is 141 Å². The summed E-state index contributed by atoms with van der Waals surface area (Å²) in [7, 11) is 0. The molecule has 0 aliphatic carbocycles. The molecule has 3 saturated heterocycles. The summed E-state index contributed by atoms with van der Waals surface area (Å²) in [5.74, 6) is 0.978. The Morgan fingerprint density at radius 2 is 2.14 bits per heavy atom. The van der Waals surface area contributed by atoms with Gasteiger partial charge in [0.05, 0.1) is 5.69 Å². The summed E-state index contributed by atoms with van der Waals surface area (Å²) >= 11 is 5.55. The van der Waals surface area contributed by atoms with Gasteiger partial charge < -0.3 is 20.7 Å². The molecule has 3 heterocycles. The van der Waals surface area contributed by atoms with E-state index in [2.05, 4.69) is 10.2 Å². The van der Waals surface area contributed by atoms with Gasteiger partial charge in [-0.25, -0.2) is 0 Å². The number of hydrogen-bond acceptors (Lipinski definition) is 4. The first-order valence-electron chi connectivity index (χ1n) is 7.29. The van der Waals surface area contributed by atoms with Crippen molar-refractivity contribution in [3.05, 3.63) is 23.8 Å². The number of piperidine rings is 3. The summed E-state index contributed by atoms with van der Waals surface area (Å²) in [6, 6.07) is 5.29. The standard InChI is InChI=1S/C15H20ClN3O2.ClH/c16-9-21-14-7-11(1-2-12(14)17)15(20)18-13-8-19-5-3-10(13)4-6-19;/h1-2,7,10,13H,3-6,8-9,17H2,(H,18,20);1H/t13-;/m1./s1. The van der Waals surface area contributed by atoms with Crippen LogP contribution in [0.4, 0.5) is 5.69 Å². The molecule has 3 fully saturated rings. The fraction of sp³-hybridized carbons (Fsp3) is 0.533. The lowest BCUT2D eigenvalue weighted by Crippen LogP contribution is -2.57. The number of nitrogens with zero attached hydrogens (tertiary/aromatic N) is 1. The first-order chi connectivity index (χ1) is 10.2. The van der Waals surface area contributed by atoms with Crippen LogP contribution in [0.3, 0.4) is 0 Å². The number of amides is 1. The largest absolute Gasteiger partial charge is 0.476 e. The van der Waals surface area contributed by atoms with E-state index in [4.69, 9.17) is 22.1 Å². The molecule has 3 aliphatic heterocycles. The number of anilines is 1. The number of ether oxygens (including phenoxy) is 1. The van der Waals surface area contributed by atoms with Crippen molar-refractivity contribution in [1.29, 1.82) is 0 Å². The van der Waals surface area contributed by atoms with Crippen molar-refractivity contribution in [2.45, 2.75) is 18.9 Å². The van der Waals surface area contributed by atoms with Crippen LogP contribution >= 0.6 is 24.0 Å². The number of benzene rings is 1. The topological polar surface area (TPSA) is 67.6 Å². The van der Waals surface area contributed by atoms with Crippen LogP contribution in [0.15, 0.2) is 18.2 Å². The molecule has 4 rings (SSSR count).